The first-order chi connectivity index (χ1) is 8.79. The number of ether oxygens (including phenoxy) is 1. The first-order valence-corrected chi connectivity index (χ1v) is 5.87. The number of esters is 1. The van der Waals surface area contributed by atoms with Gasteiger partial charge in [-0.2, -0.15) is 8.78 Å². The van der Waals surface area contributed by atoms with Gasteiger partial charge in [-0.1, -0.05) is 6.92 Å². The lowest BCUT2D eigenvalue weighted by Crippen LogP contribution is -2.48. The lowest BCUT2D eigenvalue weighted by Gasteiger charge is -2.29. The Kier molecular flexibility index (Phi) is 4.75. The highest BCUT2D eigenvalue weighted by atomic mass is 19.3. The molecule has 19 heavy (non-hydrogen) atoms. The maximum absolute atomic E-state index is 13.3. The van der Waals surface area contributed by atoms with E-state index in [9.17, 15) is 27.3 Å². The SMILES string of the molecule is CCC1(OC(=O)C(F)(F)C(F)C(=O)OF)CCCC1. The molecule has 0 N–H and O–H groups in total. The van der Waals surface area contributed by atoms with Crippen molar-refractivity contribution >= 4 is 11.9 Å². The van der Waals surface area contributed by atoms with Crippen molar-refractivity contribution in [3.8, 4) is 0 Å². The van der Waals surface area contributed by atoms with E-state index in [2.05, 4.69) is 9.68 Å². The van der Waals surface area contributed by atoms with Crippen LogP contribution in [0.15, 0.2) is 0 Å². The number of hydrogen-bond acceptors (Lipinski definition) is 4. The van der Waals surface area contributed by atoms with E-state index in [0.717, 1.165) is 0 Å². The maximum Gasteiger partial charge on any atom is 0.389 e. The Morgan fingerprint density at radius 2 is 1.84 bits per heavy atom. The third-order valence-corrected chi connectivity index (χ3v) is 3.34. The molecule has 1 aliphatic carbocycles. The van der Waals surface area contributed by atoms with E-state index in [-0.39, 0.29) is 0 Å². The molecule has 0 radical (unpaired) electrons. The van der Waals surface area contributed by atoms with Crippen LogP contribution < -0.4 is 0 Å². The third kappa shape index (κ3) is 3.16. The highest BCUT2D eigenvalue weighted by molar-refractivity contribution is 5.87. The molecule has 1 fully saturated rings. The number of hydrogen-bond donors (Lipinski definition) is 0. The standard InChI is InChI=1S/C11H14F4O4/c1-2-10(5-3-4-6-10)18-9(17)11(13,14)7(12)8(16)19-15/h7H,2-6H2,1H3. The molecule has 4 nitrogen and oxygen atoms in total. The van der Waals surface area contributed by atoms with Crippen molar-refractivity contribution in [3.63, 3.8) is 0 Å². The number of alkyl halides is 3. The zero-order valence-electron chi connectivity index (χ0n) is 10.3. The van der Waals surface area contributed by atoms with E-state index in [1.165, 1.54) is 0 Å². The van der Waals surface area contributed by atoms with Gasteiger partial charge >= 0.3 is 17.9 Å². The Balaban J connectivity index is 2.78. The second-order valence-corrected chi connectivity index (χ2v) is 4.51. The Hall–Kier alpha value is -1.34. The largest absolute Gasteiger partial charge is 0.455 e. The fourth-order valence-electron chi connectivity index (χ4n) is 2.10. The van der Waals surface area contributed by atoms with Crippen molar-refractivity contribution in [1.82, 2.24) is 0 Å². The molecule has 0 aromatic carbocycles. The van der Waals surface area contributed by atoms with Crippen LogP contribution in [0.3, 0.4) is 0 Å². The molecule has 1 saturated carbocycles. The summed E-state index contributed by atoms with van der Waals surface area (Å²) in [6, 6.07) is 0. The van der Waals surface area contributed by atoms with E-state index >= 15 is 0 Å². The Labute approximate surface area is 106 Å². The smallest absolute Gasteiger partial charge is 0.389 e. The molecule has 1 atom stereocenters. The minimum Gasteiger partial charge on any atom is -0.455 e. The van der Waals surface area contributed by atoms with Gasteiger partial charge in [0.15, 0.2) is 0 Å². The van der Waals surface area contributed by atoms with Crippen LogP contribution in [0.2, 0.25) is 0 Å². The van der Waals surface area contributed by atoms with Gasteiger partial charge in [0.2, 0.25) is 0 Å². The predicted octanol–water partition coefficient (Wildman–Crippen LogP) is 2.65. The molecule has 0 aromatic heterocycles. The molecule has 0 amide bonds. The Bertz CT molecular complexity index is 353. The van der Waals surface area contributed by atoms with Crippen LogP contribution in [-0.2, 0) is 19.3 Å². The fraction of sp³-hybridized carbons (Fsp3) is 0.818. The maximum atomic E-state index is 13.3. The van der Waals surface area contributed by atoms with Gasteiger partial charge in [0.05, 0.1) is 0 Å². The molecule has 8 heteroatoms. The molecular formula is C11H14F4O4. The summed E-state index contributed by atoms with van der Waals surface area (Å²) in [5, 5.41) is 0. The van der Waals surface area contributed by atoms with Gasteiger partial charge in [-0.25, -0.2) is 14.0 Å². The molecule has 1 rings (SSSR count). The van der Waals surface area contributed by atoms with Crippen molar-refractivity contribution in [1.29, 1.82) is 0 Å². The normalized spacial score (nSPS) is 19.8. The zero-order valence-corrected chi connectivity index (χ0v) is 10.3. The molecule has 0 aliphatic heterocycles. The molecule has 1 aliphatic rings. The highest BCUT2D eigenvalue weighted by Gasteiger charge is 2.57. The monoisotopic (exact) mass is 286 g/mol. The molecule has 110 valence electrons. The van der Waals surface area contributed by atoms with Crippen LogP contribution in [0, 0.1) is 0 Å². The van der Waals surface area contributed by atoms with E-state index in [4.69, 9.17) is 0 Å². The second kappa shape index (κ2) is 5.75. The van der Waals surface area contributed by atoms with Crippen molar-refractivity contribution in [3.05, 3.63) is 0 Å². The van der Waals surface area contributed by atoms with Gasteiger partial charge in [0.1, 0.15) is 5.60 Å². The van der Waals surface area contributed by atoms with Gasteiger partial charge in [-0.05, 0) is 32.1 Å². The summed E-state index contributed by atoms with van der Waals surface area (Å²) >= 11 is 0. The molecule has 0 spiro atoms. The third-order valence-electron chi connectivity index (χ3n) is 3.34. The molecule has 1 unspecified atom stereocenters. The first kappa shape index (κ1) is 15.7. The van der Waals surface area contributed by atoms with Crippen LogP contribution >= 0.6 is 0 Å². The van der Waals surface area contributed by atoms with Crippen LogP contribution in [0.4, 0.5) is 17.7 Å². The minimum atomic E-state index is -4.77. The van der Waals surface area contributed by atoms with Crippen LogP contribution in [0.1, 0.15) is 39.0 Å². The van der Waals surface area contributed by atoms with E-state index in [0.29, 0.717) is 32.1 Å². The molecule has 0 heterocycles. The average molecular weight is 286 g/mol. The second-order valence-electron chi connectivity index (χ2n) is 4.51. The fourth-order valence-corrected chi connectivity index (χ4v) is 2.10. The molecule has 0 bridgehead atoms. The van der Waals surface area contributed by atoms with Crippen molar-refractivity contribution in [2.45, 2.75) is 56.7 Å². The van der Waals surface area contributed by atoms with Gasteiger partial charge in [-0.3, -0.25) is 4.94 Å². The number of carbonyl (C=O) groups excluding carboxylic acids is 2. The number of rotatable bonds is 5. The van der Waals surface area contributed by atoms with Gasteiger partial charge < -0.3 is 4.74 Å². The highest BCUT2D eigenvalue weighted by Crippen LogP contribution is 2.38. The lowest BCUT2D eigenvalue weighted by molar-refractivity contribution is -0.217. The van der Waals surface area contributed by atoms with Crippen molar-refractivity contribution < 1.29 is 37.0 Å². The predicted molar refractivity (Wildman–Crippen MR) is 54.6 cm³/mol. The summed E-state index contributed by atoms with van der Waals surface area (Å²) in [7, 11) is 0. The average Bonchev–Trinajstić information content (AvgIpc) is 2.85. The summed E-state index contributed by atoms with van der Waals surface area (Å²) in [6.45, 7) is 1.65. The van der Waals surface area contributed by atoms with Crippen molar-refractivity contribution in [2.24, 2.45) is 0 Å². The van der Waals surface area contributed by atoms with E-state index in [1.54, 1.807) is 6.92 Å². The summed E-state index contributed by atoms with van der Waals surface area (Å²) in [5.41, 5.74) is -1.06. The summed E-state index contributed by atoms with van der Waals surface area (Å²) in [6.07, 6.45) is -1.21. The summed E-state index contributed by atoms with van der Waals surface area (Å²) < 4.78 is 55.6. The van der Waals surface area contributed by atoms with Crippen LogP contribution in [0.25, 0.3) is 0 Å². The topological polar surface area (TPSA) is 52.6 Å². The quantitative estimate of drug-likeness (QED) is 0.576. The summed E-state index contributed by atoms with van der Waals surface area (Å²) in [4.78, 5) is 24.1. The van der Waals surface area contributed by atoms with E-state index < -0.39 is 29.6 Å². The van der Waals surface area contributed by atoms with Gasteiger partial charge in [0, 0.05) is 4.53 Å². The molecular weight excluding hydrogens is 272 g/mol. The van der Waals surface area contributed by atoms with Gasteiger partial charge in [0.25, 0.3) is 6.17 Å². The van der Waals surface area contributed by atoms with E-state index in [1.807, 2.05) is 0 Å². The summed E-state index contributed by atoms with van der Waals surface area (Å²) in [5.74, 6) is -9.40. The zero-order chi connectivity index (χ0) is 14.7. The van der Waals surface area contributed by atoms with Crippen molar-refractivity contribution in [2.75, 3.05) is 0 Å². The lowest BCUT2D eigenvalue weighted by atomic mass is 9.98. The minimum absolute atomic E-state index is 0.305. The number of carbonyl (C=O) groups is 2. The Morgan fingerprint density at radius 1 is 1.32 bits per heavy atom. The Morgan fingerprint density at radius 3 is 2.26 bits per heavy atom. The van der Waals surface area contributed by atoms with Gasteiger partial charge in [-0.15, -0.1) is 0 Å². The molecule has 0 aromatic rings. The number of halogens is 4. The van der Waals surface area contributed by atoms with Crippen LogP contribution in [-0.4, -0.2) is 29.6 Å². The molecule has 0 saturated heterocycles. The van der Waals surface area contributed by atoms with Crippen LogP contribution in [0.5, 0.6) is 0 Å². The first-order valence-electron chi connectivity index (χ1n) is 5.87.